The lowest BCUT2D eigenvalue weighted by Crippen LogP contribution is -2.24. The minimum atomic E-state index is -1.02. The zero-order chi connectivity index (χ0) is 17.8. The average molecular weight is 338 g/mol. The summed E-state index contributed by atoms with van der Waals surface area (Å²) in [5, 5.41) is 0. The van der Waals surface area contributed by atoms with Gasteiger partial charge >= 0.3 is 5.97 Å². The fourth-order valence-corrected chi connectivity index (χ4v) is 2.43. The molecule has 0 N–H and O–H groups in total. The van der Waals surface area contributed by atoms with Gasteiger partial charge in [-0.15, -0.1) is 0 Å². The fraction of sp³-hybridized carbons (Fsp3) is 0.100. The van der Waals surface area contributed by atoms with Gasteiger partial charge in [0.1, 0.15) is 5.82 Å². The zero-order valence-electron chi connectivity index (χ0n) is 13.4. The van der Waals surface area contributed by atoms with Crippen molar-refractivity contribution in [2.75, 3.05) is 0 Å². The van der Waals surface area contributed by atoms with E-state index < -0.39 is 23.7 Å². The van der Waals surface area contributed by atoms with Gasteiger partial charge in [-0.1, -0.05) is 30.3 Å². The van der Waals surface area contributed by atoms with Gasteiger partial charge in [-0.05, 0) is 42.8 Å². The monoisotopic (exact) mass is 338 g/mol. The average Bonchev–Trinajstić information content (AvgIpc) is 3.12. The van der Waals surface area contributed by atoms with Gasteiger partial charge in [-0.2, -0.15) is 0 Å². The van der Waals surface area contributed by atoms with Crippen molar-refractivity contribution < 1.29 is 23.1 Å². The minimum absolute atomic E-state index is 0.0324. The molecule has 0 amide bonds. The largest absolute Gasteiger partial charge is 0.457 e. The molecule has 0 aliphatic heterocycles. The third kappa shape index (κ3) is 3.66. The van der Waals surface area contributed by atoms with Gasteiger partial charge in [0.05, 0.1) is 6.26 Å². The maximum absolute atomic E-state index is 12.9. The van der Waals surface area contributed by atoms with Crippen molar-refractivity contribution in [1.82, 2.24) is 0 Å². The molecule has 2 aromatic carbocycles. The van der Waals surface area contributed by atoms with Crippen LogP contribution >= 0.6 is 0 Å². The number of hydrogen-bond acceptors (Lipinski definition) is 4. The van der Waals surface area contributed by atoms with Crippen molar-refractivity contribution in [3.05, 3.63) is 84.1 Å². The molecule has 126 valence electrons. The molecule has 1 heterocycles. The van der Waals surface area contributed by atoms with Gasteiger partial charge in [0.15, 0.2) is 6.10 Å². The molecular weight excluding hydrogens is 323 g/mol. The number of furan rings is 1. The van der Waals surface area contributed by atoms with Crippen LogP contribution in [0.3, 0.4) is 0 Å². The van der Waals surface area contributed by atoms with Gasteiger partial charge in [-0.3, -0.25) is 4.79 Å². The van der Waals surface area contributed by atoms with Crippen molar-refractivity contribution >= 4 is 11.8 Å². The molecular formula is C20H15FO4. The first-order valence-corrected chi connectivity index (χ1v) is 7.70. The van der Waals surface area contributed by atoms with E-state index in [1.807, 2.05) is 30.3 Å². The van der Waals surface area contributed by atoms with Crippen molar-refractivity contribution in [3.63, 3.8) is 0 Å². The van der Waals surface area contributed by atoms with Gasteiger partial charge < -0.3 is 9.15 Å². The SMILES string of the molecule is C[C@H](OC(=O)c1occc1-c1ccccc1)C(=O)c1ccc(F)cc1. The van der Waals surface area contributed by atoms with Crippen molar-refractivity contribution in [2.24, 2.45) is 0 Å². The van der Waals surface area contributed by atoms with Crippen LogP contribution in [0.25, 0.3) is 11.1 Å². The Morgan fingerprint density at radius 1 is 1.00 bits per heavy atom. The summed E-state index contributed by atoms with van der Waals surface area (Å²) in [6.07, 6.45) is 0.373. The van der Waals surface area contributed by atoms with E-state index in [4.69, 9.17) is 9.15 Å². The lowest BCUT2D eigenvalue weighted by Gasteiger charge is -2.12. The Kier molecular flexibility index (Phi) is 4.75. The first-order chi connectivity index (χ1) is 12.1. The van der Waals surface area contributed by atoms with Crippen LogP contribution in [0.4, 0.5) is 4.39 Å². The summed E-state index contributed by atoms with van der Waals surface area (Å²) in [5.41, 5.74) is 1.66. The predicted molar refractivity (Wildman–Crippen MR) is 89.8 cm³/mol. The number of ether oxygens (including phenoxy) is 1. The molecule has 0 aliphatic carbocycles. The van der Waals surface area contributed by atoms with E-state index in [-0.39, 0.29) is 11.3 Å². The van der Waals surface area contributed by atoms with Crippen molar-refractivity contribution in [2.45, 2.75) is 13.0 Å². The zero-order valence-corrected chi connectivity index (χ0v) is 13.4. The summed E-state index contributed by atoms with van der Waals surface area (Å²) < 4.78 is 23.4. The molecule has 0 aliphatic rings. The molecule has 1 aromatic heterocycles. The molecule has 0 fully saturated rings. The second-order valence-electron chi connectivity index (χ2n) is 5.45. The number of halogens is 1. The van der Waals surface area contributed by atoms with Crippen LogP contribution in [0.2, 0.25) is 0 Å². The number of Topliss-reactive ketones (excluding diaryl/α,β-unsaturated/α-hetero) is 1. The van der Waals surface area contributed by atoms with E-state index in [0.717, 1.165) is 5.56 Å². The first-order valence-electron chi connectivity index (χ1n) is 7.70. The number of esters is 1. The van der Waals surface area contributed by atoms with Crippen LogP contribution in [-0.4, -0.2) is 17.9 Å². The third-order valence-corrected chi connectivity index (χ3v) is 3.72. The molecule has 0 spiro atoms. The third-order valence-electron chi connectivity index (χ3n) is 3.72. The number of ketones is 1. The molecule has 0 radical (unpaired) electrons. The summed E-state index contributed by atoms with van der Waals surface area (Å²) >= 11 is 0. The van der Waals surface area contributed by atoms with E-state index in [1.165, 1.54) is 37.5 Å². The van der Waals surface area contributed by atoms with Gasteiger partial charge in [0, 0.05) is 11.1 Å². The number of rotatable bonds is 5. The quantitative estimate of drug-likeness (QED) is 0.507. The summed E-state index contributed by atoms with van der Waals surface area (Å²) in [5.74, 6) is -1.55. The second kappa shape index (κ2) is 7.13. The van der Waals surface area contributed by atoms with E-state index in [9.17, 15) is 14.0 Å². The van der Waals surface area contributed by atoms with Crippen molar-refractivity contribution in [3.8, 4) is 11.1 Å². The number of carbonyl (C=O) groups is 2. The first kappa shape index (κ1) is 16.6. The fourth-order valence-electron chi connectivity index (χ4n) is 2.43. The Bertz CT molecular complexity index is 882. The molecule has 5 heteroatoms. The minimum Gasteiger partial charge on any atom is -0.457 e. The summed E-state index contributed by atoms with van der Waals surface area (Å²) in [7, 11) is 0. The molecule has 0 saturated heterocycles. The highest BCUT2D eigenvalue weighted by atomic mass is 19.1. The highest BCUT2D eigenvalue weighted by Gasteiger charge is 2.24. The number of carbonyl (C=O) groups excluding carboxylic acids is 2. The van der Waals surface area contributed by atoms with Gasteiger partial charge in [0.25, 0.3) is 0 Å². The standard InChI is InChI=1S/C20H15FO4/c1-13(18(22)15-7-9-16(21)10-8-15)25-20(23)19-17(11-12-24-19)14-5-3-2-4-6-14/h2-13H,1H3/t13-/m0/s1. The summed E-state index contributed by atoms with van der Waals surface area (Å²) in [4.78, 5) is 24.7. The maximum atomic E-state index is 12.9. The normalized spacial score (nSPS) is 11.8. The van der Waals surface area contributed by atoms with Gasteiger partial charge in [0.2, 0.25) is 11.5 Å². The van der Waals surface area contributed by atoms with Crippen LogP contribution in [0.1, 0.15) is 27.8 Å². The van der Waals surface area contributed by atoms with Crippen LogP contribution in [0.5, 0.6) is 0 Å². The molecule has 1 atom stereocenters. The van der Waals surface area contributed by atoms with E-state index >= 15 is 0 Å². The van der Waals surface area contributed by atoms with Crippen molar-refractivity contribution in [1.29, 1.82) is 0 Å². The molecule has 0 unspecified atom stereocenters. The van der Waals surface area contributed by atoms with Crippen LogP contribution < -0.4 is 0 Å². The maximum Gasteiger partial charge on any atom is 0.375 e. The van der Waals surface area contributed by atoms with E-state index in [0.29, 0.717) is 5.56 Å². The number of hydrogen-bond donors (Lipinski definition) is 0. The lowest BCUT2D eigenvalue weighted by molar-refractivity contribution is 0.0290. The Labute approximate surface area is 143 Å². The van der Waals surface area contributed by atoms with Gasteiger partial charge in [-0.25, -0.2) is 9.18 Å². The highest BCUT2D eigenvalue weighted by molar-refractivity contribution is 6.02. The lowest BCUT2D eigenvalue weighted by atomic mass is 10.1. The van der Waals surface area contributed by atoms with E-state index in [1.54, 1.807) is 6.07 Å². The Morgan fingerprint density at radius 2 is 1.68 bits per heavy atom. The topological polar surface area (TPSA) is 56.5 Å². The molecule has 0 bridgehead atoms. The molecule has 4 nitrogen and oxygen atoms in total. The Balaban J connectivity index is 1.76. The summed E-state index contributed by atoms with van der Waals surface area (Å²) in [6, 6.07) is 16.0. The van der Waals surface area contributed by atoms with Crippen LogP contribution in [-0.2, 0) is 4.74 Å². The summed E-state index contributed by atoms with van der Waals surface area (Å²) in [6.45, 7) is 1.47. The van der Waals surface area contributed by atoms with E-state index in [2.05, 4.69) is 0 Å². The second-order valence-corrected chi connectivity index (χ2v) is 5.45. The highest BCUT2D eigenvalue weighted by Crippen LogP contribution is 2.25. The Morgan fingerprint density at radius 3 is 2.36 bits per heavy atom. The van der Waals surface area contributed by atoms with Crippen LogP contribution in [0, 0.1) is 5.82 Å². The molecule has 25 heavy (non-hydrogen) atoms. The number of benzene rings is 2. The predicted octanol–water partition coefficient (Wildman–Crippen LogP) is 4.51. The molecule has 3 rings (SSSR count). The molecule has 0 saturated carbocycles. The van der Waals surface area contributed by atoms with Crippen LogP contribution in [0.15, 0.2) is 71.3 Å². The Hall–Kier alpha value is -3.21. The molecule has 3 aromatic rings. The smallest absolute Gasteiger partial charge is 0.375 e.